The number of hydrogen-bond acceptors (Lipinski definition) is 4. The first-order chi connectivity index (χ1) is 9.79. The molecule has 3 rings (SSSR count). The summed E-state index contributed by atoms with van der Waals surface area (Å²) in [6.07, 6.45) is 3.23. The van der Waals surface area contributed by atoms with Gasteiger partial charge in [0.25, 0.3) is 5.88 Å². The first-order valence-corrected chi connectivity index (χ1v) is 6.24. The van der Waals surface area contributed by atoms with Gasteiger partial charge in [0, 0.05) is 12.4 Å². The molecule has 0 aromatic carbocycles. The molecular formula is C15H12N4O. The topological polar surface area (TPSA) is 63.2 Å². The van der Waals surface area contributed by atoms with Crippen molar-refractivity contribution in [3.63, 3.8) is 0 Å². The number of ether oxygens (including phenoxy) is 1. The third kappa shape index (κ3) is 2.08. The first kappa shape index (κ1) is 12.2. The van der Waals surface area contributed by atoms with E-state index in [4.69, 9.17) is 4.74 Å². The Labute approximate surface area is 116 Å². The quantitative estimate of drug-likeness (QED) is 0.729. The predicted molar refractivity (Wildman–Crippen MR) is 73.2 cm³/mol. The maximum atomic E-state index is 9.29. The van der Waals surface area contributed by atoms with E-state index in [-0.39, 0.29) is 6.10 Å². The van der Waals surface area contributed by atoms with E-state index in [9.17, 15) is 5.26 Å². The summed E-state index contributed by atoms with van der Waals surface area (Å²) in [7, 11) is 0. The van der Waals surface area contributed by atoms with Crippen LogP contribution in [0.4, 0.5) is 0 Å². The lowest BCUT2D eigenvalue weighted by atomic mass is 10.2. The van der Waals surface area contributed by atoms with Crippen molar-refractivity contribution in [3.8, 4) is 11.9 Å². The van der Waals surface area contributed by atoms with Crippen LogP contribution in [0.3, 0.4) is 0 Å². The van der Waals surface area contributed by atoms with Gasteiger partial charge in [0.05, 0.1) is 11.2 Å². The molecule has 0 fully saturated rings. The van der Waals surface area contributed by atoms with Crippen LogP contribution in [0.5, 0.6) is 5.88 Å². The van der Waals surface area contributed by atoms with Gasteiger partial charge >= 0.3 is 0 Å². The molecule has 0 unspecified atom stereocenters. The van der Waals surface area contributed by atoms with Gasteiger partial charge < -0.3 is 4.74 Å². The Bertz CT molecular complexity index is 773. The number of fused-ring (bicyclic) bond motifs is 1. The normalized spacial score (nSPS) is 12.0. The Hall–Kier alpha value is -2.87. The maximum absolute atomic E-state index is 9.29. The molecule has 0 aliphatic heterocycles. The molecule has 5 heteroatoms. The highest BCUT2D eigenvalue weighted by Gasteiger charge is 2.17. The van der Waals surface area contributed by atoms with E-state index < -0.39 is 0 Å². The molecule has 5 nitrogen and oxygen atoms in total. The molecule has 1 atom stereocenters. The van der Waals surface area contributed by atoms with Crippen LogP contribution < -0.4 is 4.74 Å². The Morgan fingerprint density at radius 2 is 2.10 bits per heavy atom. The minimum Gasteiger partial charge on any atom is -0.466 e. The Kier molecular flexibility index (Phi) is 3.05. The molecule has 0 radical (unpaired) electrons. The largest absolute Gasteiger partial charge is 0.466 e. The summed E-state index contributed by atoms with van der Waals surface area (Å²) in [5.74, 6) is 0.330. The summed E-state index contributed by atoms with van der Waals surface area (Å²) in [6.45, 7) is 1.88. The fourth-order valence-corrected chi connectivity index (χ4v) is 2.01. The van der Waals surface area contributed by atoms with Gasteiger partial charge in [-0.15, -0.1) is 5.10 Å². The Morgan fingerprint density at radius 3 is 2.85 bits per heavy atom. The van der Waals surface area contributed by atoms with Crippen molar-refractivity contribution in [1.82, 2.24) is 14.6 Å². The highest BCUT2D eigenvalue weighted by Crippen LogP contribution is 2.25. The van der Waals surface area contributed by atoms with Crippen molar-refractivity contribution in [1.29, 1.82) is 5.26 Å². The number of nitriles is 1. The van der Waals surface area contributed by atoms with Crippen molar-refractivity contribution >= 4 is 5.52 Å². The van der Waals surface area contributed by atoms with Crippen LogP contribution >= 0.6 is 0 Å². The number of aromatic nitrogens is 3. The third-order valence-corrected chi connectivity index (χ3v) is 3.01. The lowest BCUT2D eigenvalue weighted by Crippen LogP contribution is -2.06. The van der Waals surface area contributed by atoms with E-state index in [1.54, 1.807) is 16.9 Å². The molecule has 98 valence electrons. The molecule has 3 aromatic rings. The van der Waals surface area contributed by atoms with Crippen molar-refractivity contribution in [2.24, 2.45) is 0 Å². The zero-order valence-electron chi connectivity index (χ0n) is 10.9. The summed E-state index contributed by atoms with van der Waals surface area (Å²) in [6, 6.07) is 13.3. The average Bonchev–Trinajstić information content (AvgIpc) is 2.85. The van der Waals surface area contributed by atoms with Crippen LogP contribution in [0.15, 0.2) is 48.8 Å². The van der Waals surface area contributed by atoms with Gasteiger partial charge in [-0.2, -0.15) is 5.26 Å². The molecule has 3 aromatic heterocycles. The van der Waals surface area contributed by atoms with Crippen LogP contribution in [0.25, 0.3) is 5.52 Å². The smallest absolute Gasteiger partial charge is 0.252 e. The molecule has 0 aliphatic rings. The summed E-state index contributed by atoms with van der Waals surface area (Å²) in [4.78, 5) is 4.24. The molecular weight excluding hydrogens is 252 g/mol. The predicted octanol–water partition coefficient (Wildman–Crippen LogP) is 2.74. The summed E-state index contributed by atoms with van der Waals surface area (Å²) < 4.78 is 7.43. The second-order valence-electron chi connectivity index (χ2n) is 4.34. The van der Waals surface area contributed by atoms with Gasteiger partial charge in [0.1, 0.15) is 17.7 Å². The van der Waals surface area contributed by atoms with Crippen LogP contribution in [0, 0.1) is 11.3 Å². The first-order valence-electron chi connectivity index (χ1n) is 6.24. The average molecular weight is 264 g/mol. The van der Waals surface area contributed by atoms with Crippen molar-refractivity contribution in [2.75, 3.05) is 0 Å². The lowest BCUT2D eigenvalue weighted by molar-refractivity contribution is 0.211. The molecule has 20 heavy (non-hydrogen) atoms. The van der Waals surface area contributed by atoms with Crippen LogP contribution in [0.1, 0.15) is 24.3 Å². The van der Waals surface area contributed by atoms with Gasteiger partial charge in [-0.3, -0.25) is 4.98 Å². The van der Waals surface area contributed by atoms with Crippen molar-refractivity contribution in [3.05, 3.63) is 60.0 Å². The monoisotopic (exact) mass is 264 g/mol. The highest BCUT2D eigenvalue weighted by atomic mass is 16.5. The van der Waals surface area contributed by atoms with Crippen LogP contribution in [0.2, 0.25) is 0 Å². The minimum absolute atomic E-state index is 0.270. The highest BCUT2D eigenvalue weighted by molar-refractivity contribution is 5.64. The summed E-state index contributed by atoms with van der Waals surface area (Å²) in [5, 5.41) is 13.6. The number of hydrogen-bond donors (Lipinski definition) is 0. The zero-order valence-corrected chi connectivity index (χ0v) is 10.9. The molecule has 0 saturated carbocycles. The third-order valence-electron chi connectivity index (χ3n) is 3.01. The van der Waals surface area contributed by atoms with E-state index in [0.717, 1.165) is 11.2 Å². The number of rotatable bonds is 3. The van der Waals surface area contributed by atoms with E-state index in [1.165, 1.54) is 0 Å². The minimum atomic E-state index is -0.270. The zero-order chi connectivity index (χ0) is 13.9. The standard InChI is InChI=1S/C15H12N4O/c1-11(13-6-2-4-8-17-13)20-15-12(10-16)14-7-3-5-9-19(14)18-15/h2-9,11H,1H3/t11-/m1/s1. The Balaban J connectivity index is 1.97. The van der Waals surface area contributed by atoms with E-state index in [2.05, 4.69) is 16.2 Å². The van der Waals surface area contributed by atoms with Gasteiger partial charge in [-0.05, 0) is 31.2 Å². The van der Waals surface area contributed by atoms with E-state index >= 15 is 0 Å². The second-order valence-corrected chi connectivity index (χ2v) is 4.34. The molecule has 3 heterocycles. The number of nitrogens with zero attached hydrogens (tertiary/aromatic N) is 4. The maximum Gasteiger partial charge on any atom is 0.252 e. The van der Waals surface area contributed by atoms with E-state index in [1.807, 2.05) is 43.3 Å². The SMILES string of the molecule is C[C@@H](Oc1nn2ccccc2c1C#N)c1ccccn1. The number of pyridine rings is 2. The van der Waals surface area contributed by atoms with Crippen LogP contribution in [-0.4, -0.2) is 14.6 Å². The summed E-state index contributed by atoms with van der Waals surface area (Å²) in [5.41, 5.74) is 1.97. The van der Waals surface area contributed by atoms with Crippen molar-refractivity contribution in [2.45, 2.75) is 13.0 Å². The van der Waals surface area contributed by atoms with Gasteiger partial charge in [-0.1, -0.05) is 12.1 Å². The summed E-state index contributed by atoms with van der Waals surface area (Å²) >= 11 is 0. The molecule has 0 saturated heterocycles. The van der Waals surface area contributed by atoms with Gasteiger partial charge in [-0.25, -0.2) is 4.52 Å². The van der Waals surface area contributed by atoms with Crippen LogP contribution in [-0.2, 0) is 0 Å². The second kappa shape index (κ2) is 5.02. The van der Waals surface area contributed by atoms with Crippen molar-refractivity contribution < 1.29 is 4.74 Å². The molecule has 0 bridgehead atoms. The molecule has 0 amide bonds. The van der Waals surface area contributed by atoms with Gasteiger partial charge in [0.2, 0.25) is 0 Å². The fourth-order valence-electron chi connectivity index (χ4n) is 2.01. The fraction of sp³-hybridized carbons (Fsp3) is 0.133. The molecule has 0 N–H and O–H groups in total. The van der Waals surface area contributed by atoms with Gasteiger partial charge in [0.15, 0.2) is 0 Å². The van der Waals surface area contributed by atoms with E-state index in [0.29, 0.717) is 11.4 Å². The molecule has 0 spiro atoms. The Morgan fingerprint density at radius 1 is 1.25 bits per heavy atom. The molecule has 0 aliphatic carbocycles. The lowest BCUT2D eigenvalue weighted by Gasteiger charge is -2.11.